The molecule has 1 heterocycles. The summed E-state index contributed by atoms with van der Waals surface area (Å²) in [5, 5.41) is 2.89. The number of nitrogens with zero attached hydrogens (tertiary/aromatic N) is 1. The van der Waals surface area contributed by atoms with Gasteiger partial charge in [0.15, 0.2) is 0 Å². The van der Waals surface area contributed by atoms with E-state index in [0.717, 1.165) is 12.8 Å². The molecular formula is C16H28N2O2. The summed E-state index contributed by atoms with van der Waals surface area (Å²) in [6.07, 6.45) is 8.97. The van der Waals surface area contributed by atoms with Crippen LogP contribution in [0.1, 0.15) is 65.2 Å². The number of hydrogen-bond acceptors (Lipinski definition) is 2. The van der Waals surface area contributed by atoms with E-state index >= 15 is 0 Å². The predicted octanol–water partition coefficient (Wildman–Crippen LogP) is 2.47. The number of hydrogen-bond donors (Lipinski definition) is 1. The minimum absolute atomic E-state index is 0.0189. The number of amides is 2. The zero-order chi connectivity index (χ0) is 14.5. The van der Waals surface area contributed by atoms with Crippen molar-refractivity contribution in [3.05, 3.63) is 0 Å². The van der Waals surface area contributed by atoms with Gasteiger partial charge in [-0.2, -0.15) is 0 Å². The molecule has 2 rings (SSSR count). The van der Waals surface area contributed by atoms with Crippen LogP contribution in [-0.4, -0.2) is 35.3 Å². The highest BCUT2D eigenvalue weighted by atomic mass is 16.2. The molecule has 1 unspecified atom stereocenters. The quantitative estimate of drug-likeness (QED) is 0.844. The van der Waals surface area contributed by atoms with Crippen molar-refractivity contribution in [3.63, 3.8) is 0 Å². The summed E-state index contributed by atoms with van der Waals surface area (Å²) in [5.74, 6) is 0.308. The first-order chi connectivity index (χ1) is 9.59. The monoisotopic (exact) mass is 280 g/mol. The molecule has 1 aliphatic heterocycles. The van der Waals surface area contributed by atoms with Gasteiger partial charge >= 0.3 is 0 Å². The fourth-order valence-corrected chi connectivity index (χ4v) is 3.38. The van der Waals surface area contributed by atoms with E-state index in [2.05, 4.69) is 5.32 Å². The Balaban J connectivity index is 2.10. The second-order valence-electron chi connectivity index (χ2n) is 6.57. The zero-order valence-corrected chi connectivity index (χ0v) is 12.9. The van der Waals surface area contributed by atoms with Crippen molar-refractivity contribution in [2.24, 2.45) is 5.92 Å². The first-order valence-electron chi connectivity index (χ1n) is 8.19. The third-order valence-electron chi connectivity index (χ3n) is 4.63. The lowest BCUT2D eigenvalue weighted by atomic mass is 9.94. The highest BCUT2D eigenvalue weighted by molar-refractivity contribution is 5.90. The third-order valence-corrected chi connectivity index (χ3v) is 4.63. The van der Waals surface area contributed by atoms with Gasteiger partial charge in [0.2, 0.25) is 11.8 Å². The molecule has 1 saturated carbocycles. The molecule has 2 fully saturated rings. The molecular weight excluding hydrogens is 252 g/mol. The standard InChI is InChI=1S/C16H28N2O2/c1-12(2)15-16(20)18(11-10-14(19)17-15)13-8-6-4-3-5-7-9-13/h12-13,15H,3-11H2,1-2H3,(H,17,19). The van der Waals surface area contributed by atoms with E-state index in [9.17, 15) is 9.59 Å². The summed E-state index contributed by atoms with van der Waals surface area (Å²) in [6.45, 7) is 4.60. The van der Waals surface area contributed by atoms with Crippen molar-refractivity contribution in [3.8, 4) is 0 Å². The van der Waals surface area contributed by atoms with Gasteiger partial charge in [0, 0.05) is 19.0 Å². The van der Waals surface area contributed by atoms with Gasteiger partial charge in [0.25, 0.3) is 0 Å². The van der Waals surface area contributed by atoms with Gasteiger partial charge in [0.05, 0.1) is 0 Å². The molecule has 0 aromatic carbocycles. The van der Waals surface area contributed by atoms with Crippen molar-refractivity contribution in [2.45, 2.75) is 77.3 Å². The van der Waals surface area contributed by atoms with Crippen LogP contribution in [0.15, 0.2) is 0 Å². The normalized spacial score (nSPS) is 26.9. The molecule has 114 valence electrons. The lowest BCUT2D eigenvalue weighted by molar-refractivity contribution is -0.137. The van der Waals surface area contributed by atoms with Crippen LogP contribution in [-0.2, 0) is 9.59 Å². The Kier molecular flexibility index (Phi) is 5.44. The van der Waals surface area contributed by atoms with Gasteiger partial charge in [0.1, 0.15) is 6.04 Å². The molecule has 20 heavy (non-hydrogen) atoms. The lowest BCUT2D eigenvalue weighted by Crippen LogP contribution is -2.50. The summed E-state index contributed by atoms with van der Waals surface area (Å²) in [5.41, 5.74) is 0. The van der Waals surface area contributed by atoms with Crippen molar-refractivity contribution in [1.82, 2.24) is 10.2 Å². The van der Waals surface area contributed by atoms with Gasteiger partial charge < -0.3 is 10.2 Å². The summed E-state index contributed by atoms with van der Waals surface area (Å²) in [7, 11) is 0. The van der Waals surface area contributed by atoms with E-state index in [4.69, 9.17) is 0 Å². The van der Waals surface area contributed by atoms with E-state index in [1.54, 1.807) is 0 Å². The number of carbonyl (C=O) groups is 2. The van der Waals surface area contributed by atoms with Gasteiger partial charge in [-0.1, -0.05) is 46.0 Å². The maximum absolute atomic E-state index is 12.7. The van der Waals surface area contributed by atoms with Gasteiger partial charge in [-0.15, -0.1) is 0 Å². The van der Waals surface area contributed by atoms with Crippen molar-refractivity contribution < 1.29 is 9.59 Å². The molecule has 1 N–H and O–H groups in total. The van der Waals surface area contributed by atoms with Crippen LogP contribution in [0.2, 0.25) is 0 Å². The lowest BCUT2D eigenvalue weighted by Gasteiger charge is -2.34. The molecule has 0 aromatic heterocycles. The second kappa shape index (κ2) is 7.09. The molecule has 1 aliphatic carbocycles. The Labute approximate surface area is 122 Å². The van der Waals surface area contributed by atoms with Crippen LogP contribution >= 0.6 is 0 Å². The Morgan fingerprint density at radius 1 is 1.05 bits per heavy atom. The number of nitrogens with one attached hydrogen (secondary N) is 1. The Morgan fingerprint density at radius 2 is 1.65 bits per heavy atom. The topological polar surface area (TPSA) is 49.4 Å². The first-order valence-corrected chi connectivity index (χ1v) is 8.19. The minimum atomic E-state index is -0.338. The molecule has 0 spiro atoms. The summed E-state index contributed by atoms with van der Waals surface area (Å²) in [4.78, 5) is 26.6. The molecule has 0 bridgehead atoms. The maximum atomic E-state index is 12.7. The minimum Gasteiger partial charge on any atom is -0.344 e. The van der Waals surface area contributed by atoms with Crippen molar-refractivity contribution in [2.75, 3.05) is 6.54 Å². The summed E-state index contributed by atoms with van der Waals surface area (Å²) >= 11 is 0. The molecule has 0 aromatic rings. The molecule has 4 heteroatoms. The van der Waals surface area contributed by atoms with E-state index in [1.165, 1.54) is 32.1 Å². The fraction of sp³-hybridized carbons (Fsp3) is 0.875. The van der Waals surface area contributed by atoms with Gasteiger partial charge in [-0.05, 0) is 18.8 Å². The fourth-order valence-electron chi connectivity index (χ4n) is 3.38. The first kappa shape index (κ1) is 15.3. The molecule has 0 radical (unpaired) electrons. The van der Waals surface area contributed by atoms with E-state index in [0.29, 0.717) is 19.0 Å². The average molecular weight is 280 g/mol. The highest BCUT2D eigenvalue weighted by Crippen LogP contribution is 2.24. The maximum Gasteiger partial charge on any atom is 0.245 e. The van der Waals surface area contributed by atoms with Crippen molar-refractivity contribution >= 4 is 11.8 Å². The third kappa shape index (κ3) is 3.74. The van der Waals surface area contributed by atoms with Gasteiger partial charge in [-0.3, -0.25) is 9.59 Å². The van der Waals surface area contributed by atoms with Gasteiger partial charge in [-0.25, -0.2) is 0 Å². The Morgan fingerprint density at radius 3 is 2.25 bits per heavy atom. The average Bonchev–Trinajstić information content (AvgIpc) is 2.50. The van der Waals surface area contributed by atoms with E-state index in [1.807, 2.05) is 18.7 Å². The molecule has 1 saturated heterocycles. The number of carbonyl (C=O) groups excluding carboxylic acids is 2. The van der Waals surface area contributed by atoms with Crippen LogP contribution in [0.5, 0.6) is 0 Å². The highest BCUT2D eigenvalue weighted by Gasteiger charge is 2.35. The van der Waals surface area contributed by atoms with Crippen LogP contribution in [0.4, 0.5) is 0 Å². The smallest absolute Gasteiger partial charge is 0.245 e. The van der Waals surface area contributed by atoms with E-state index in [-0.39, 0.29) is 23.8 Å². The molecule has 2 aliphatic rings. The summed E-state index contributed by atoms with van der Waals surface area (Å²) < 4.78 is 0. The predicted molar refractivity (Wildman–Crippen MR) is 79.2 cm³/mol. The van der Waals surface area contributed by atoms with Crippen LogP contribution in [0.25, 0.3) is 0 Å². The number of rotatable bonds is 2. The van der Waals surface area contributed by atoms with Crippen LogP contribution in [0.3, 0.4) is 0 Å². The molecule has 4 nitrogen and oxygen atoms in total. The largest absolute Gasteiger partial charge is 0.344 e. The Bertz CT molecular complexity index is 346. The van der Waals surface area contributed by atoms with Crippen molar-refractivity contribution in [1.29, 1.82) is 0 Å². The van der Waals surface area contributed by atoms with Crippen LogP contribution in [0, 0.1) is 5.92 Å². The summed E-state index contributed by atoms with van der Waals surface area (Å²) in [6, 6.07) is 0.00666. The van der Waals surface area contributed by atoms with Crippen LogP contribution < -0.4 is 5.32 Å². The van der Waals surface area contributed by atoms with E-state index < -0.39 is 0 Å². The second-order valence-corrected chi connectivity index (χ2v) is 6.57. The SMILES string of the molecule is CC(C)C1NC(=O)CCN(C2CCCCCCC2)C1=O. The zero-order valence-electron chi connectivity index (χ0n) is 12.9. The molecule has 1 atom stereocenters. The molecule has 2 amide bonds. The Hall–Kier alpha value is -1.06.